The van der Waals surface area contributed by atoms with Gasteiger partial charge in [-0.05, 0) is 37.3 Å². The lowest BCUT2D eigenvalue weighted by atomic mass is 10.1. The Morgan fingerprint density at radius 1 is 1.14 bits per heavy atom. The van der Waals surface area contributed by atoms with Crippen molar-refractivity contribution in [1.82, 2.24) is 4.98 Å². The van der Waals surface area contributed by atoms with Gasteiger partial charge in [-0.2, -0.15) is 0 Å². The lowest BCUT2D eigenvalue weighted by Gasteiger charge is -2.16. The third-order valence-electron chi connectivity index (χ3n) is 4.78. The number of nitrogens with one attached hydrogen (secondary N) is 2. The number of aromatic nitrogens is 1. The van der Waals surface area contributed by atoms with Crippen LogP contribution in [0.4, 0.5) is 16.5 Å². The molecule has 1 aromatic heterocycles. The van der Waals surface area contributed by atoms with E-state index in [1.807, 2.05) is 37.3 Å². The Morgan fingerprint density at radius 3 is 2.62 bits per heavy atom. The van der Waals surface area contributed by atoms with Gasteiger partial charge in [-0.15, -0.1) is 0 Å². The van der Waals surface area contributed by atoms with E-state index in [1.165, 1.54) is 18.3 Å². The molecule has 0 radical (unpaired) electrons. The highest BCUT2D eigenvalue weighted by molar-refractivity contribution is 7.22. The van der Waals surface area contributed by atoms with E-state index < -0.39 is 5.92 Å². The molecule has 3 amide bonds. The summed E-state index contributed by atoms with van der Waals surface area (Å²) >= 11 is 1.33. The first-order chi connectivity index (χ1) is 13.9. The van der Waals surface area contributed by atoms with Gasteiger partial charge in [0.25, 0.3) is 0 Å². The highest BCUT2D eigenvalue weighted by Gasteiger charge is 2.35. The van der Waals surface area contributed by atoms with Crippen LogP contribution in [-0.2, 0) is 14.4 Å². The molecule has 0 bridgehead atoms. The number of hydrogen-bond donors (Lipinski definition) is 2. The average molecular weight is 408 g/mol. The van der Waals surface area contributed by atoms with Gasteiger partial charge in [0.15, 0.2) is 5.13 Å². The summed E-state index contributed by atoms with van der Waals surface area (Å²) in [6.07, 6.45) is 0.178. The molecule has 29 heavy (non-hydrogen) atoms. The van der Waals surface area contributed by atoms with Crippen molar-refractivity contribution in [3.8, 4) is 0 Å². The second-order valence-corrected chi connectivity index (χ2v) is 8.14. The number of carbonyl (C=O) groups excluding carboxylic acids is 3. The Bertz CT molecular complexity index is 1110. The van der Waals surface area contributed by atoms with Crippen molar-refractivity contribution in [2.75, 3.05) is 22.1 Å². The van der Waals surface area contributed by atoms with E-state index in [0.717, 1.165) is 21.5 Å². The van der Waals surface area contributed by atoms with Crippen LogP contribution in [0.3, 0.4) is 0 Å². The number of benzene rings is 2. The van der Waals surface area contributed by atoms with Crippen molar-refractivity contribution in [3.05, 3.63) is 48.0 Å². The van der Waals surface area contributed by atoms with Gasteiger partial charge >= 0.3 is 0 Å². The molecule has 1 fully saturated rings. The summed E-state index contributed by atoms with van der Waals surface area (Å²) in [6.45, 7) is 3.79. The van der Waals surface area contributed by atoms with Crippen LogP contribution in [0.5, 0.6) is 0 Å². The fraction of sp³-hybridized carbons (Fsp3) is 0.238. The molecule has 7 nitrogen and oxygen atoms in total. The van der Waals surface area contributed by atoms with Crippen molar-refractivity contribution in [2.45, 2.75) is 20.3 Å². The van der Waals surface area contributed by atoms with Crippen molar-refractivity contribution in [3.63, 3.8) is 0 Å². The summed E-state index contributed by atoms with van der Waals surface area (Å²) in [7, 11) is 0. The molecule has 2 aromatic carbocycles. The van der Waals surface area contributed by atoms with Gasteiger partial charge < -0.3 is 15.5 Å². The number of rotatable bonds is 4. The third-order valence-corrected chi connectivity index (χ3v) is 5.71. The number of nitrogens with zero attached hydrogens (tertiary/aromatic N) is 2. The predicted molar refractivity (Wildman–Crippen MR) is 114 cm³/mol. The van der Waals surface area contributed by atoms with Crippen LogP contribution in [0.1, 0.15) is 18.9 Å². The number of aryl methyl sites for hydroxylation is 1. The normalized spacial score (nSPS) is 16.3. The summed E-state index contributed by atoms with van der Waals surface area (Å²) in [4.78, 5) is 42.4. The smallest absolute Gasteiger partial charge is 0.231 e. The van der Waals surface area contributed by atoms with E-state index in [-0.39, 0.29) is 24.1 Å². The topological polar surface area (TPSA) is 91.4 Å². The van der Waals surface area contributed by atoms with Crippen molar-refractivity contribution in [1.29, 1.82) is 0 Å². The molecular weight excluding hydrogens is 388 g/mol. The highest BCUT2D eigenvalue weighted by atomic mass is 32.1. The standard InChI is InChI=1S/C21H20N4O3S/c1-12-3-6-16(7-4-12)25-11-14(9-19(25)27)20(28)24-21-23-17-8-5-15(22-13(2)26)10-18(17)29-21/h3-8,10,14H,9,11H2,1-2H3,(H,22,26)(H,23,24,28)/t14-/m0/s1. The molecule has 0 aliphatic carbocycles. The molecule has 8 heteroatoms. The zero-order valence-electron chi connectivity index (χ0n) is 16.1. The summed E-state index contributed by atoms with van der Waals surface area (Å²) in [5.74, 6) is -0.843. The number of fused-ring (bicyclic) bond motifs is 1. The molecule has 4 rings (SSSR count). The quantitative estimate of drug-likeness (QED) is 0.691. The van der Waals surface area contributed by atoms with Gasteiger partial charge in [-0.3, -0.25) is 14.4 Å². The molecule has 3 aromatic rings. The van der Waals surface area contributed by atoms with Gasteiger partial charge in [-0.1, -0.05) is 29.0 Å². The molecule has 2 heterocycles. The lowest BCUT2D eigenvalue weighted by Crippen LogP contribution is -2.28. The zero-order valence-corrected chi connectivity index (χ0v) is 16.9. The second kappa shape index (κ2) is 7.63. The molecule has 0 saturated carbocycles. The number of amides is 3. The van der Waals surface area contributed by atoms with Crippen LogP contribution in [-0.4, -0.2) is 29.3 Å². The van der Waals surface area contributed by atoms with Crippen molar-refractivity contribution in [2.24, 2.45) is 5.92 Å². The Balaban J connectivity index is 1.46. The largest absolute Gasteiger partial charge is 0.326 e. The molecule has 1 aliphatic rings. The molecule has 1 aliphatic heterocycles. The monoisotopic (exact) mass is 408 g/mol. The Morgan fingerprint density at radius 2 is 1.90 bits per heavy atom. The molecule has 148 valence electrons. The van der Waals surface area contributed by atoms with Crippen LogP contribution in [0, 0.1) is 12.8 Å². The van der Waals surface area contributed by atoms with Gasteiger partial charge in [-0.25, -0.2) is 4.98 Å². The third kappa shape index (κ3) is 4.12. The van der Waals surface area contributed by atoms with Crippen molar-refractivity contribution >= 4 is 55.8 Å². The molecular formula is C21H20N4O3S. The van der Waals surface area contributed by atoms with E-state index >= 15 is 0 Å². The fourth-order valence-corrected chi connectivity index (χ4v) is 4.23. The summed E-state index contributed by atoms with van der Waals surface area (Å²) < 4.78 is 0.857. The number of hydrogen-bond acceptors (Lipinski definition) is 5. The van der Waals surface area contributed by atoms with Crippen LogP contribution >= 0.6 is 11.3 Å². The first-order valence-electron chi connectivity index (χ1n) is 9.25. The Hall–Kier alpha value is -3.26. The number of anilines is 3. The van der Waals surface area contributed by atoms with Gasteiger partial charge in [0.1, 0.15) is 0 Å². The first kappa shape index (κ1) is 19.1. The van der Waals surface area contributed by atoms with Crippen LogP contribution in [0.2, 0.25) is 0 Å². The van der Waals surface area contributed by atoms with E-state index in [2.05, 4.69) is 15.6 Å². The molecule has 0 unspecified atom stereocenters. The fourth-order valence-electron chi connectivity index (χ4n) is 3.32. The van der Waals surface area contributed by atoms with Gasteiger partial charge in [0, 0.05) is 31.3 Å². The van der Waals surface area contributed by atoms with Gasteiger partial charge in [0.2, 0.25) is 17.7 Å². The van der Waals surface area contributed by atoms with E-state index in [1.54, 1.807) is 17.0 Å². The molecule has 1 atom stereocenters. The molecule has 0 spiro atoms. The summed E-state index contributed by atoms with van der Waals surface area (Å²) in [5, 5.41) is 6.05. The minimum absolute atomic E-state index is 0.0572. The average Bonchev–Trinajstić information content (AvgIpc) is 3.24. The zero-order chi connectivity index (χ0) is 20.5. The van der Waals surface area contributed by atoms with E-state index in [0.29, 0.717) is 17.4 Å². The van der Waals surface area contributed by atoms with E-state index in [9.17, 15) is 14.4 Å². The molecule has 2 N–H and O–H groups in total. The minimum Gasteiger partial charge on any atom is -0.326 e. The number of thiazole rings is 1. The van der Waals surface area contributed by atoms with Crippen molar-refractivity contribution < 1.29 is 14.4 Å². The summed E-state index contributed by atoms with van der Waals surface area (Å²) in [6, 6.07) is 13.1. The minimum atomic E-state index is -0.425. The Labute approximate surface area is 171 Å². The SMILES string of the molecule is CC(=O)Nc1ccc2nc(NC(=O)[C@H]3CC(=O)N(c4ccc(C)cc4)C3)sc2c1. The maximum atomic E-state index is 12.7. The van der Waals surface area contributed by atoms with Crippen LogP contribution in [0.15, 0.2) is 42.5 Å². The maximum absolute atomic E-state index is 12.7. The predicted octanol–water partition coefficient (Wildman–Crippen LogP) is 3.55. The second-order valence-electron chi connectivity index (χ2n) is 7.11. The number of carbonyl (C=O) groups is 3. The van der Waals surface area contributed by atoms with Crippen LogP contribution in [0.25, 0.3) is 10.2 Å². The lowest BCUT2D eigenvalue weighted by molar-refractivity contribution is -0.122. The summed E-state index contributed by atoms with van der Waals surface area (Å²) in [5.41, 5.74) is 3.35. The molecule has 1 saturated heterocycles. The maximum Gasteiger partial charge on any atom is 0.231 e. The van der Waals surface area contributed by atoms with E-state index in [4.69, 9.17) is 0 Å². The Kier molecular flexibility index (Phi) is 5.02. The van der Waals surface area contributed by atoms with Gasteiger partial charge in [0.05, 0.1) is 16.1 Å². The van der Waals surface area contributed by atoms with Crippen LogP contribution < -0.4 is 15.5 Å². The highest BCUT2D eigenvalue weighted by Crippen LogP contribution is 2.30. The first-order valence-corrected chi connectivity index (χ1v) is 10.1.